The van der Waals surface area contributed by atoms with Gasteiger partial charge in [0, 0.05) is 39.5 Å². The van der Waals surface area contributed by atoms with Gasteiger partial charge in [-0.3, -0.25) is 19.4 Å². The molecule has 0 fully saturated rings. The highest BCUT2D eigenvalue weighted by Crippen LogP contribution is 2.37. The zero-order valence-corrected chi connectivity index (χ0v) is 29.2. The lowest BCUT2D eigenvalue weighted by Crippen LogP contribution is -2.30. The first-order valence-electron chi connectivity index (χ1n) is 16.4. The van der Waals surface area contributed by atoms with Crippen LogP contribution in [0.4, 0.5) is 10.8 Å². The van der Waals surface area contributed by atoms with Gasteiger partial charge in [0.2, 0.25) is 5.91 Å². The molecular weight excluding hydrogens is 687 g/mol. The third kappa shape index (κ3) is 8.50. The summed E-state index contributed by atoms with van der Waals surface area (Å²) in [6, 6.07) is 43.4. The van der Waals surface area contributed by atoms with Crippen LogP contribution in [-0.2, 0) is 9.59 Å². The summed E-state index contributed by atoms with van der Waals surface area (Å²) in [5.74, 6) is -1.11. The molecule has 1 unspecified atom stereocenters. The zero-order valence-electron chi connectivity index (χ0n) is 27.6. The number of thiazole rings is 1. The van der Waals surface area contributed by atoms with Crippen molar-refractivity contribution in [1.82, 2.24) is 15.3 Å². The maximum absolute atomic E-state index is 13.8. The lowest BCUT2D eigenvalue weighted by atomic mass is 10.1. The Morgan fingerprint density at radius 1 is 0.731 bits per heavy atom. The minimum absolute atomic E-state index is 0.0621. The summed E-state index contributed by atoms with van der Waals surface area (Å²) in [5.41, 5.74) is 4.28. The number of amides is 3. The predicted octanol–water partition coefficient (Wildman–Crippen LogP) is 9.24. The Hall–Kier alpha value is -6.36. The number of pyridine rings is 1. The van der Waals surface area contributed by atoms with Crippen LogP contribution in [0, 0.1) is 0 Å². The summed E-state index contributed by atoms with van der Waals surface area (Å²) in [7, 11) is 0. The number of benzene rings is 5. The first-order valence-corrected chi connectivity index (χ1v) is 18.1. The molecule has 0 spiro atoms. The van der Waals surface area contributed by atoms with E-state index in [0.29, 0.717) is 21.9 Å². The third-order valence-electron chi connectivity index (χ3n) is 8.01. The normalized spacial score (nSPS) is 11.8. The van der Waals surface area contributed by atoms with Gasteiger partial charge in [-0.1, -0.05) is 91.0 Å². The van der Waals surface area contributed by atoms with Gasteiger partial charge in [-0.25, -0.2) is 4.98 Å². The van der Waals surface area contributed by atoms with Crippen molar-refractivity contribution < 1.29 is 14.4 Å². The molecule has 3 amide bonds. The number of thioether (sulfide) groups is 1. The number of hydrogen-bond donors (Lipinski definition) is 3. The molecule has 0 bridgehead atoms. The van der Waals surface area contributed by atoms with Gasteiger partial charge in [0.15, 0.2) is 5.13 Å². The average molecular weight is 718 g/mol. The molecule has 254 valence electrons. The van der Waals surface area contributed by atoms with Crippen LogP contribution in [0.15, 0.2) is 168 Å². The number of rotatable bonds is 11. The molecule has 0 aliphatic carbocycles. The largest absolute Gasteiger partial charge is 0.321 e. The van der Waals surface area contributed by atoms with Crippen LogP contribution in [0.25, 0.3) is 28.1 Å². The minimum atomic E-state index is -0.572. The molecule has 5 aromatic carbocycles. The summed E-state index contributed by atoms with van der Waals surface area (Å²) in [6.07, 6.45) is 4.81. The van der Waals surface area contributed by atoms with Crippen LogP contribution in [0.3, 0.4) is 0 Å². The van der Waals surface area contributed by atoms with E-state index in [2.05, 4.69) is 45.2 Å². The molecule has 3 N–H and O–H groups in total. The van der Waals surface area contributed by atoms with E-state index in [4.69, 9.17) is 4.98 Å². The van der Waals surface area contributed by atoms with Gasteiger partial charge in [0.05, 0.1) is 5.69 Å². The number of aromatic nitrogens is 2. The van der Waals surface area contributed by atoms with Crippen LogP contribution in [0.2, 0.25) is 0 Å². The summed E-state index contributed by atoms with van der Waals surface area (Å²) in [5, 5.41) is 12.8. The number of fused-ring (bicyclic) bond motifs is 1. The molecule has 2 aromatic heterocycles. The Kier molecular flexibility index (Phi) is 10.6. The predicted molar refractivity (Wildman–Crippen MR) is 210 cm³/mol. The molecule has 0 aliphatic rings. The Morgan fingerprint density at radius 2 is 1.46 bits per heavy atom. The first-order chi connectivity index (χ1) is 25.5. The van der Waals surface area contributed by atoms with E-state index in [1.54, 1.807) is 67.0 Å². The molecule has 2 heterocycles. The van der Waals surface area contributed by atoms with E-state index in [0.717, 1.165) is 32.5 Å². The molecule has 1 atom stereocenters. The maximum Gasteiger partial charge on any atom is 0.272 e. The average Bonchev–Trinajstić information content (AvgIpc) is 3.66. The number of nitrogens with one attached hydrogen (secondary N) is 3. The van der Waals surface area contributed by atoms with E-state index < -0.39 is 17.1 Å². The van der Waals surface area contributed by atoms with Crippen molar-refractivity contribution in [3.8, 4) is 11.3 Å². The summed E-state index contributed by atoms with van der Waals surface area (Å²) in [6.45, 7) is 0. The first kappa shape index (κ1) is 34.1. The van der Waals surface area contributed by atoms with Crippen LogP contribution in [0.5, 0.6) is 0 Å². The van der Waals surface area contributed by atoms with Crippen molar-refractivity contribution in [3.63, 3.8) is 0 Å². The molecular formula is C42H31N5O3S2. The minimum Gasteiger partial charge on any atom is -0.321 e. The molecule has 7 aromatic rings. The highest BCUT2D eigenvalue weighted by Gasteiger charge is 2.24. The highest BCUT2D eigenvalue weighted by atomic mass is 32.2. The molecule has 8 nitrogen and oxygen atoms in total. The SMILES string of the molecule is O=C(Nc1ccc(SC(C(=O)Nc2nc(-c3ccc4ccccc4c3)cs2)c2ccccc2)cc1)/C(=C/c1cccnc1)NC(=O)c1ccccc1. The fourth-order valence-corrected chi connectivity index (χ4v) is 7.15. The quantitative estimate of drug-likeness (QED) is 0.0909. The second kappa shape index (κ2) is 16.1. The summed E-state index contributed by atoms with van der Waals surface area (Å²) < 4.78 is 0. The molecule has 0 saturated carbocycles. The molecule has 0 aliphatic heterocycles. The van der Waals surface area contributed by atoms with Gasteiger partial charge in [-0.05, 0) is 76.5 Å². The van der Waals surface area contributed by atoms with Gasteiger partial charge in [0.1, 0.15) is 10.9 Å². The number of nitrogens with zero attached hydrogens (tertiary/aromatic N) is 2. The van der Waals surface area contributed by atoms with E-state index in [1.165, 1.54) is 23.1 Å². The highest BCUT2D eigenvalue weighted by molar-refractivity contribution is 8.00. The standard InChI is InChI=1S/C42H31N5O3S2/c48-39(31-14-5-2-6-15-31)45-36(24-28-10-9-23-43-26-28)40(49)44-34-19-21-35(22-20-34)52-38(30-12-3-1-4-13-30)41(50)47-42-46-37(27-51-42)33-18-17-29-11-7-8-16-32(29)25-33/h1-27,38H,(H,44,49)(H,45,48)(H,46,47,50)/b36-24-. The fourth-order valence-electron chi connectivity index (χ4n) is 5.41. The molecule has 52 heavy (non-hydrogen) atoms. The van der Waals surface area contributed by atoms with E-state index in [-0.39, 0.29) is 11.6 Å². The Labute approximate surface area is 308 Å². The monoisotopic (exact) mass is 717 g/mol. The number of carbonyl (C=O) groups excluding carboxylic acids is 3. The van der Waals surface area contributed by atoms with Gasteiger partial charge >= 0.3 is 0 Å². The molecule has 0 radical (unpaired) electrons. The van der Waals surface area contributed by atoms with Crippen molar-refractivity contribution in [1.29, 1.82) is 0 Å². The second-order valence-electron chi connectivity index (χ2n) is 11.6. The fraction of sp³-hybridized carbons (Fsp3) is 0.0238. The summed E-state index contributed by atoms with van der Waals surface area (Å²) >= 11 is 2.77. The van der Waals surface area contributed by atoms with E-state index in [1.807, 2.05) is 72.1 Å². The van der Waals surface area contributed by atoms with Crippen molar-refractivity contribution in [2.24, 2.45) is 0 Å². The number of carbonyl (C=O) groups is 3. The van der Waals surface area contributed by atoms with Crippen LogP contribution in [0.1, 0.15) is 26.7 Å². The summed E-state index contributed by atoms with van der Waals surface area (Å²) in [4.78, 5) is 49.9. The van der Waals surface area contributed by atoms with Crippen LogP contribution in [-0.4, -0.2) is 27.7 Å². The van der Waals surface area contributed by atoms with E-state index >= 15 is 0 Å². The Bertz CT molecular complexity index is 2360. The zero-order chi connectivity index (χ0) is 35.7. The molecule has 7 rings (SSSR count). The van der Waals surface area contributed by atoms with Gasteiger partial charge in [0.25, 0.3) is 11.8 Å². The molecule has 0 saturated heterocycles. The van der Waals surface area contributed by atoms with Gasteiger partial charge in [-0.2, -0.15) is 0 Å². The molecule has 10 heteroatoms. The topological polar surface area (TPSA) is 113 Å². The number of hydrogen-bond acceptors (Lipinski definition) is 7. The van der Waals surface area contributed by atoms with Crippen molar-refractivity contribution >= 4 is 68.5 Å². The van der Waals surface area contributed by atoms with Crippen LogP contribution >= 0.6 is 23.1 Å². The third-order valence-corrected chi connectivity index (χ3v) is 10.0. The second-order valence-corrected chi connectivity index (χ2v) is 13.7. The van der Waals surface area contributed by atoms with Crippen molar-refractivity contribution in [2.75, 3.05) is 10.6 Å². The van der Waals surface area contributed by atoms with Crippen LogP contribution < -0.4 is 16.0 Å². The van der Waals surface area contributed by atoms with Gasteiger partial charge in [-0.15, -0.1) is 23.1 Å². The smallest absolute Gasteiger partial charge is 0.272 e. The maximum atomic E-state index is 13.8. The lowest BCUT2D eigenvalue weighted by molar-refractivity contribution is -0.116. The van der Waals surface area contributed by atoms with Gasteiger partial charge < -0.3 is 16.0 Å². The van der Waals surface area contributed by atoms with E-state index in [9.17, 15) is 14.4 Å². The van der Waals surface area contributed by atoms with Crippen molar-refractivity contribution in [2.45, 2.75) is 10.1 Å². The number of anilines is 2. The Balaban J connectivity index is 1.05. The van der Waals surface area contributed by atoms with Crippen molar-refractivity contribution in [3.05, 3.63) is 180 Å². The Morgan fingerprint density at radius 3 is 2.21 bits per heavy atom. The lowest BCUT2D eigenvalue weighted by Gasteiger charge is -2.17.